The van der Waals surface area contributed by atoms with E-state index in [9.17, 15) is 0 Å². The van der Waals surface area contributed by atoms with Crippen LogP contribution in [0.2, 0.25) is 0 Å². The van der Waals surface area contributed by atoms with Gasteiger partial charge in [0.1, 0.15) is 0 Å². The third-order valence-corrected chi connectivity index (χ3v) is 4.10. The molecule has 0 aliphatic heterocycles. The summed E-state index contributed by atoms with van der Waals surface area (Å²) in [6, 6.07) is 11.2. The molecule has 0 saturated heterocycles. The number of methoxy groups -OCH3 is 1. The highest BCUT2D eigenvalue weighted by atomic mass is 16.5. The summed E-state index contributed by atoms with van der Waals surface area (Å²) >= 11 is 0. The highest BCUT2D eigenvalue weighted by molar-refractivity contribution is 5.79. The number of hydrogen-bond donors (Lipinski definition) is 1. The summed E-state index contributed by atoms with van der Waals surface area (Å²) in [5.41, 5.74) is 1.27. The summed E-state index contributed by atoms with van der Waals surface area (Å²) in [6.45, 7) is 8.59. The van der Waals surface area contributed by atoms with Crippen molar-refractivity contribution in [2.45, 2.75) is 51.8 Å². The number of hydrogen-bond acceptors (Lipinski definition) is 2. The topological polar surface area (TPSA) is 26.2 Å². The van der Waals surface area contributed by atoms with Gasteiger partial charge >= 0.3 is 0 Å². The fourth-order valence-electron chi connectivity index (χ4n) is 2.83. The zero-order valence-corrected chi connectivity index (χ0v) is 13.7. The van der Waals surface area contributed by atoms with Crippen LogP contribution in [0.5, 0.6) is 0 Å². The molecule has 1 unspecified atom stereocenters. The maximum Gasteiger partial charge on any atom is 0.0637 e. The number of rotatable bonds is 8. The zero-order chi connectivity index (χ0) is 15.3. The molecular formula is C18H28N2O. The lowest BCUT2D eigenvalue weighted by molar-refractivity contribution is 0.00859. The first kappa shape index (κ1) is 16.1. The van der Waals surface area contributed by atoms with Crippen LogP contribution in [0.25, 0.3) is 10.9 Å². The number of ether oxygens (including phenoxy) is 1. The van der Waals surface area contributed by atoms with Crippen molar-refractivity contribution in [3.8, 4) is 0 Å². The predicted octanol–water partition coefficient (Wildman–Crippen LogP) is 3.82. The summed E-state index contributed by atoms with van der Waals surface area (Å²) < 4.78 is 7.81. The largest absolute Gasteiger partial charge is 0.379 e. The molecular weight excluding hydrogens is 260 g/mol. The Morgan fingerprint density at radius 2 is 2.00 bits per heavy atom. The van der Waals surface area contributed by atoms with E-state index in [0.29, 0.717) is 6.04 Å². The van der Waals surface area contributed by atoms with Crippen molar-refractivity contribution in [1.29, 1.82) is 0 Å². The molecule has 3 nitrogen and oxygen atoms in total. The van der Waals surface area contributed by atoms with E-state index in [1.807, 2.05) is 0 Å². The second-order valence-corrected chi connectivity index (χ2v) is 6.44. The van der Waals surface area contributed by atoms with Crippen LogP contribution in [-0.4, -0.2) is 29.9 Å². The average molecular weight is 288 g/mol. The number of nitrogens with one attached hydrogen (secondary N) is 1. The van der Waals surface area contributed by atoms with Gasteiger partial charge in [-0.3, -0.25) is 0 Å². The normalized spacial score (nSPS) is 13.7. The molecule has 2 aromatic rings. The average Bonchev–Trinajstić information content (AvgIpc) is 2.86. The standard InChI is InChI=1S/C18H28N2O/c1-15(14-18(2,3)21-4)19-11-7-12-20-13-10-16-8-5-6-9-17(16)20/h5-6,8-10,13,15,19H,7,11-12,14H2,1-4H3. The van der Waals surface area contributed by atoms with E-state index < -0.39 is 0 Å². The first-order valence-electron chi connectivity index (χ1n) is 7.84. The molecule has 3 heteroatoms. The van der Waals surface area contributed by atoms with Crippen molar-refractivity contribution >= 4 is 10.9 Å². The van der Waals surface area contributed by atoms with Crippen molar-refractivity contribution in [3.05, 3.63) is 36.5 Å². The van der Waals surface area contributed by atoms with Gasteiger partial charge in [-0.2, -0.15) is 0 Å². The molecule has 1 aromatic heterocycles. The summed E-state index contributed by atoms with van der Waals surface area (Å²) in [5.74, 6) is 0. The van der Waals surface area contributed by atoms with E-state index in [0.717, 1.165) is 25.9 Å². The molecule has 0 fully saturated rings. The molecule has 0 amide bonds. The minimum atomic E-state index is -0.0525. The molecule has 2 rings (SSSR count). The molecule has 0 bridgehead atoms. The van der Waals surface area contributed by atoms with Crippen LogP contribution in [-0.2, 0) is 11.3 Å². The van der Waals surface area contributed by atoms with E-state index >= 15 is 0 Å². The Bertz CT molecular complexity index is 559. The third kappa shape index (κ3) is 4.58. The highest BCUT2D eigenvalue weighted by Gasteiger charge is 2.19. The quantitative estimate of drug-likeness (QED) is 0.747. The van der Waals surface area contributed by atoms with Crippen molar-refractivity contribution in [3.63, 3.8) is 0 Å². The van der Waals surface area contributed by atoms with E-state index in [1.54, 1.807) is 7.11 Å². The first-order chi connectivity index (χ1) is 10.0. The first-order valence-corrected chi connectivity index (χ1v) is 7.84. The van der Waals surface area contributed by atoms with Crippen LogP contribution >= 0.6 is 0 Å². The number of fused-ring (bicyclic) bond motifs is 1. The fourth-order valence-corrected chi connectivity index (χ4v) is 2.83. The van der Waals surface area contributed by atoms with E-state index in [2.05, 4.69) is 67.2 Å². The zero-order valence-electron chi connectivity index (χ0n) is 13.7. The van der Waals surface area contributed by atoms with Crippen molar-refractivity contribution in [2.24, 2.45) is 0 Å². The maximum atomic E-state index is 5.48. The second-order valence-electron chi connectivity index (χ2n) is 6.44. The third-order valence-electron chi connectivity index (χ3n) is 4.10. The van der Waals surface area contributed by atoms with Gasteiger partial charge in [0.2, 0.25) is 0 Å². The Morgan fingerprint density at radius 3 is 2.76 bits per heavy atom. The van der Waals surface area contributed by atoms with Crippen molar-refractivity contribution in [2.75, 3.05) is 13.7 Å². The molecule has 116 valence electrons. The Morgan fingerprint density at radius 1 is 1.24 bits per heavy atom. The molecule has 1 N–H and O–H groups in total. The van der Waals surface area contributed by atoms with Gasteiger partial charge in [-0.1, -0.05) is 18.2 Å². The molecule has 21 heavy (non-hydrogen) atoms. The van der Waals surface area contributed by atoms with Gasteiger partial charge < -0.3 is 14.6 Å². The lowest BCUT2D eigenvalue weighted by atomic mass is 10.00. The van der Waals surface area contributed by atoms with Crippen molar-refractivity contribution in [1.82, 2.24) is 9.88 Å². The molecule has 0 aliphatic carbocycles. The minimum absolute atomic E-state index is 0.0525. The second kappa shape index (κ2) is 7.10. The number of benzene rings is 1. The molecule has 0 saturated carbocycles. The van der Waals surface area contributed by atoms with Gasteiger partial charge in [-0.25, -0.2) is 0 Å². The smallest absolute Gasteiger partial charge is 0.0637 e. The molecule has 1 aromatic carbocycles. The fraction of sp³-hybridized carbons (Fsp3) is 0.556. The number of aromatic nitrogens is 1. The van der Waals surface area contributed by atoms with Crippen LogP contribution in [0.4, 0.5) is 0 Å². The van der Waals surface area contributed by atoms with Gasteiger partial charge in [0.25, 0.3) is 0 Å². The van der Waals surface area contributed by atoms with Crippen LogP contribution in [0.1, 0.15) is 33.6 Å². The molecule has 0 radical (unpaired) electrons. The Kier molecular flexibility index (Phi) is 5.43. The highest BCUT2D eigenvalue weighted by Crippen LogP contribution is 2.16. The Hall–Kier alpha value is -1.32. The Balaban J connectivity index is 1.75. The van der Waals surface area contributed by atoms with Gasteiger partial charge in [0.15, 0.2) is 0 Å². The summed E-state index contributed by atoms with van der Waals surface area (Å²) in [7, 11) is 1.78. The van der Waals surface area contributed by atoms with Crippen LogP contribution in [0.15, 0.2) is 36.5 Å². The monoisotopic (exact) mass is 288 g/mol. The predicted molar refractivity (Wildman–Crippen MR) is 89.7 cm³/mol. The number of aryl methyl sites for hydroxylation is 1. The number of nitrogens with zero attached hydrogens (tertiary/aromatic N) is 1. The van der Waals surface area contributed by atoms with Gasteiger partial charge in [0.05, 0.1) is 5.60 Å². The van der Waals surface area contributed by atoms with Gasteiger partial charge in [-0.05, 0) is 57.7 Å². The van der Waals surface area contributed by atoms with E-state index in [4.69, 9.17) is 4.74 Å². The van der Waals surface area contributed by atoms with Crippen molar-refractivity contribution < 1.29 is 4.74 Å². The number of para-hydroxylation sites is 1. The van der Waals surface area contributed by atoms with Gasteiger partial charge in [-0.15, -0.1) is 0 Å². The maximum absolute atomic E-state index is 5.48. The molecule has 0 spiro atoms. The van der Waals surface area contributed by atoms with Crippen LogP contribution < -0.4 is 5.32 Å². The van der Waals surface area contributed by atoms with E-state index in [-0.39, 0.29) is 5.60 Å². The Labute approximate surface area is 128 Å². The minimum Gasteiger partial charge on any atom is -0.379 e. The van der Waals surface area contributed by atoms with Crippen LogP contribution in [0, 0.1) is 0 Å². The molecule has 1 heterocycles. The summed E-state index contributed by atoms with van der Waals surface area (Å²) in [4.78, 5) is 0. The summed E-state index contributed by atoms with van der Waals surface area (Å²) in [6.07, 6.45) is 4.34. The van der Waals surface area contributed by atoms with Crippen LogP contribution in [0.3, 0.4) is 0 Å². The molecule has 1 atom stereocenters. The van der Waals surface area contributed by atoms with Gasteiger partial charge in [0, 0.05) is 31.4 Å². The van der Waals surface area contributed by atoms with E-state index in [1.165, 1.54) is 10.9 Å². The lowest BCUT2D eigenvalue weighted by Gasteiger charge is -2.27. The lowest BCUT2D eigenvalue weighted by Crippen LogP contribution is -2.36. The summed E-state index contributed by atoms with van der Waals surface area (Å²) in [5, 5.41) is 4.91. The SMILES string of the molecule is COC(C)(C)CC(C)NCCCn1ccc2ccccc21. The molecule has 0 aliphatic rings.